The molecule has 1 rings (SSSR count). The molecule has 0 saturated carbocycles. The van der Waals surface area contributed by atoms with Gasteiger partial charge in [0.25, 0.3) is 0 Å². The van der Waals surface area contributed by atoms with Crippen LogP contribution in [0.15, 0.2) is 23.4 Å². The Bertz CT molecular complexity index is 292. The molecule has 0 aliphatic carbocycles. The molecule has 5 nitrogen and oxygen atoms in total. The molecule has 0 bridgehead atoms. The molecule has 12 heavy (non-hydrogen) atoms. The summed E-state index contributed by atoms with van der Waals surface area (Å²) < 4.78 is 0. The number of pyridine rings is 1. The van der Waals surface area contributed by atoms with Crippen molar-refractivity contribution >= 4 is 24.4 Å². The van der Waals surface area contributed by atoms with Crippen LogP contribution in [0.2, 0.25) is 0 Å². The van der Waals surface area contributed by atoms with Crippen LogP contribution in [0.1, 0.15) is 0 Å². The smallest absolute Gasteiger partial charge is 0.423 e. The van der Waals surface area contributed by atoms with Gasteiger partial charge in [0.2, 0.25) is 0 Å². The van der Waals surface area contributed by atoms with Crippen LogP contribution in [-0.2, 0) is 0 Å². The van der Waals surface area contributed by atoms with Gasteiger partial charge in [0.15, 0.2) is 0 Å². The Kier molecular flexibility index (Phi) is 2.76. The zero-order valence-corrected chi connectivity index (χ0v) is 6.88. The van der Waals surface area contributed by atoms with Gasteiger partial charge in [-0.25, -0.2) is 10.2 Å². The third kappa shape index (κ3) is 2.31. The highest BCUT2D eigenvalue weighted by Gasteiger charge is 1.97. The van der Waals surface area contributed by atoms with Gasteiger partial charge in [-0.15, -0.1) is 12.6 Å². The first-order chi connectivity index (χ1) is 5.70. The minimum absolute atomic E-state index is 0.565. The van der Waals surface area contributed by atoms with Gasteiger partial charge in [0.1, 0.15) is 0 Å². The van der Waals surface area contributed by atoms with Crippen molar-refractivity contribution in [1.82, 2.24) is 10.4 Å². The third-order valence-electron chi connectivity index (χ3n) is 1.10. The monoisotopic (exact) mass is 185 g/mol. The van der Waals surface area contributed by atoms with Gasteiger partial charge in [-0.05, 0) is 6.07 Å². The second-order valence-corrected chi connectivity index (χ2v) is 2.43. The third-order valence-corrected chi connectivity index (χ3v) is 1.46. The van der Waals surface area contributed by atoms with Gasteiger partial charge in [-0.1, -0.05) is 0 Å². The lowest BCUT2D eigenvalue weighted by Gasteiger charge is -2.06. The highest BCUT2D eigenvalue weighted by Crippen LogP contribution is 2.15. The SMILES string of the molecule is O=C(O)NNc1ccncc1S. The van der Waals surface area contributed by atoms with E-state index < -0.39 is 6.09 Å². The van der Waals surface area contributed by atoms with Crippen molar-refractivity contribution in [3.05, 3.63) is 18.5 Å². The fraction of sp³-hybridized carbons (Fsp3) is 0. The summed E-state index contributed by atoms with van der Waals surface area (Å²) in [6.07, 6.45) is 1.89. The van der Waals surface area contributed by atoms with E-state index in [4.69, 9.17) is 5.11 Å². The van der Waals surface area contributed by atoms with Crippen LogP contribution < -0.4 is 10.9 Å². The summed E-state index contributed by atoms with van der Waals surface area (Å²) in [4.78, 5) is 14.4. The molecule has 0 atom stereocenters. The van der Waals surface area contributed by atoms with E-state index in [0.29, 0.717) is 10.6 Å². The molecule has 0 unspecified atom stereocenters. The predicted octanol–water partition coefficient (Wildman–Crippen LogP) is 0.965. The van der Waals surface area contributed by atoms with Gasteiger partial charge >= 0.3 is 6.09 Å². The number of nitrogens with one attached hydrogen (secondary N) is 2. The van der Waals surface area contributed by atoms with Crippen LogP contribution in [0.4, 0.5) is 10.5 Å². The normalized spacial score (nSPS) is 9.08. The zero-order chi connectivity index (χ0) is 8.97. The maximum absolute atomic E-state index is 10.1. The number of carbonyl (C=O) groups is 1. The molecule has 0 aromatic carbocycles. The van der Waals surface area contributed by atoms with Crippen molar-refractivity contribution in [2.75, 3.05) is 5.43 Å². The first kappa shape index (κ1) is 8.66. The summed E-state index contributed by atoms with van der Waals surface area (Å²) in [6, 6.07) is 1.61. The molecule has 0 aliphatic heterocycles. The molecule has 1 aromatic heterocycles. The van der Waals surface area contributed by atoms with Crippen LogP contribution >= 0.6 is 12.6 Å². The van der Waals surface area contributed by atoms with Crippen molar-refractivity contribution < 1.29 is 9.90 Å². The van der Waals surface area contributed by atoms with E-state index in [1.54, 1.807) is 6.07 Å². The second-order valence-electron chi connectivity index (χ2n) is 1.95. The summed E-state index contributed by atoms with van der Waals surface area (Å²) in [6.45, 7) is 0. The van der Waals surface area contributed by atoms with Gasteiger partial charge in [-0.3, -0.25) is 10.4 Å². The number of hydrogen-bond acceptors (Lipinski definition) is 4. The number of nitrogens with zero attached hydrogens (tertiary/aromatic N) is 1. The Morgan fingerprint density at radius 2 is 2.42 bits per heavy atom. The Hall–Kier alpha value is -1.43. The second kappa shape index (κ2) is 3.82. The topological polar surface area (TPSA) is 74.2 Å². The number of thiol groups is 1. The molecule has 3 N–H and O–H groups in total. The van der Waals surface area contributed by atoms with Gasteiger partial charge < -0.3 is 5.11 Å². The number of anilines is 1. The van der Waals surface area contributed by atoms with Gasteiger partial charge in [0.05, 0.1) is 5.69 Å². The maximum Gasteiger partial charge on any atom is 0.423 e. The Morgan fingerprint density at radius 1 is 1.67 bits per heavy atom. The Morgan fingerprint density at radius 3 is 3.00 bits per heavy atom. The Balaban J connectivity index is 2.63. The number of hydrazine groups is 1. The minimum Gasteiger partial charge on any atom is -0.464 e. The summed E-state index contributed by atoms with van der Waals surface area (Å²) in [5.74, 6) is 0. The number of aromatic nitrogens is 1. The molecule has 1 amide bonds. The largest absolute Gasteiger partial charge is 0.464 e. The number of amides is 1. The van der Waals surface area contributed by atoms with E-state index in [-0.39, 0.29) is 0 Å². The summed E-state index contributed by atoms with van der Waals surface area (Å²) in [5, 5.41) is 8.25. The summed E-state index contributed by atoms with van der Waals surface area (Å²) >= 11 is 4.04. The van der Waals surface area contributed by atoms with E-state index in [9.17, 15) is 4.79 Å². The lowest BCUT2D eigenvalue weighted by molar-refractivity contribution is 0.197. The van der Waals surface area contributed by atoms with E-state index in [2.05, 4.69) is 23.0 Å². The highest BCUT2D eigenvalue weighted by molar-refractivity contribution is 7.80. The molecule has 6 heteroatoms. The lowest BCUT2D eigenvalue weighted by Crippen LogP contribution is -2.27. The van der Waals surface area contributed by atoms with Gasteiger partial charge in [0, 0.05) is 17.3 Å². The van der Waals surface area contributed by atoms with Crippen LogP contribution in [-0.4, -0.2) is 16.2 Å². The molecular formula is C6H7N3O2S. The molecule has 1 heterocycles. The number of hydrogen-bond donors (Lipinski definition) is 4. The van der Waals surface area contributed by atoms with E-state index in [1.165, 1.54) is 12.4 Å². The molecule has 0 fully saturated rings. The first-order valence-corrected chi connectivity index (χ1v) is 3.53. The Labute approximate surface area is 74.2 Å². The molecule has 0 saturated heterocycles. The predicted molar refractivity (Wildman–Crippen MR) is 46.3 cm³/mol. The van der Waals surface area contributed by atoms with Crippen LogP contribution in [0, 0.1) is 0 Å². The zero-order valence-electron chi connectivity index (χ0n) is 5.98. The molecule has 1 aromatic rings. The van der Waals surface area contributed by atoms with Crippen LogP contribution in [0.25, 0.3) is 0 Å². The number of carboxylic acid groups (broad SMARTS) is 1. The maximum atomic E-state index is 10.1. The first-order valence-electron chi connectivity index (χ1n) is 3.08. The average Bonchev–Trinajstić information content (AvgIpc) is 2.03. The van der Waals surface area contributed by atoms with Crippen molar-refractivity contribution in [1.29, 1.82) is 0 Å². The van der Waals surface area contributed by atoms with Gasteiger partial charge in [-0.2, -0.15) is 0 Å². The molecular weight excluding hydrogens is 178 g/mol. The van der Waals surface area contributed by atoms with E-state index in [0.717, 1.165) is 0 Å². The molecule has 0 radical (unpaired) electrons. The van der Waals surface area contributed by atoms with Crippen LogP contribution in [0.5, 0.6) is 0 Å². The van der Waals surface area contributed by atoms with Crippen molar-refractivity contribution in [2.45, 2.75) is 4.90 Å². The van der Waals surface area contributed by atoms with Crippen molar-refractivity contribution in [2.24, 2.45) is 0 Å². The molecule has 0 spiro atoms. The highest BCUT2D eigenvalue weighted by atomic mass is 32.1. The van der Waals surface area contributed by atoms with Crippen molar-refractivity contribution in [3.63, 3.8) is 0 Å². The fourth-order valence-electron chi connectivity index (χ4n) is 0.613. The quantitative estimate of drug-likeness (QED) is 0.409. The molecule has 64 valence electrons. The van der Waals surface area contributed by atoms with Crippen molar-refractivity contribution in [3.8, 4) is 0 Å². The fourth-order valence-corrected chi connectivity index (χ4v) is 0.810. The summed E-state index contributed by atoms with van der Waals surface area (Å²) in [5.41, 5.74) is 5.00. The van der Waals surface area contributed by atoms with E-state index in [1.807, 2.05) is 5.43 Å². The minimum atomic E-state index is -1.15. The van der Waals surface area contributed by atoms with Crippen LogP contribution in [0.3, 0.4) is 0 Å². The molecule has 0 aliphatic rings. The lowest BCUT2D eigenvalue weighted by atomic mass is 10.4. The standard InChI is InChI=1S/C6H7N3O2S/c10-6(11)9-8-4-1-2-7-3-5(4)12/h1-3,9,12H,(H,7,8)(H,10,11). The summed E-state index contributed by atoms with van der Waals surface area (Å²) in [7, 11) is 0. The average molecular weight is 185 g/mol. The van der Waals surface area contributed by atoms with E-state index >= 15 is 0 Å². The number of rotatable bonds is 2.